The summed E-state index contributed by atoms with van der Waals surface area (Å²) in [6.07, 6.45) is 5.46. The molecule has 2 fully saturated rings. The lowest BCUT2D eigenvalue weighted by atomic mass is 9.98. The monoisotopic (exact) mass is 417 g/mol. The molecule has 166 valence electrons. The van der Waals surface area contributed by atoms with Crippen molar-refractivity contribution in [2.24, 2.45) is 10.9 Å². The largest absolute Gasteiger partial charge is 0.466 e. The van der Waals surface area contributed by atoms with Crippen LogP contribution in [0.5, 0.6) is 0 Å². The van der Waals surface area contributed by atoms with E-state index in [1.807, 2.05) is 13.0 Å². The van der Waals surface area contributed by atoms with Crippen LogP contribution in [0.4, 0.5) is 5.95 Å². The summed E-state index contributed by atoms with van der Waals surface area (Å²) in [5, 5.41) is 3.39. The Morgan fingerprint density at radius 1 is 1.20 bits per heavy atom. The molecule has 0 radical (unpaired) electrons. The summed E-state index contributed by atoms with van der Waals surface area (Å²) < 4.78 is 5.23. The minimum Gasteiger partial charge on any atom is -0.466 e. The van der Waals surface area contributed by atoms with E-state index in [0.717, 1.165) is 77.1 Å². The van der Waals surface area contributed by atoms with E-state index in [9.17, 15) is 4.79 Å². The van der Waals surface area contributed by atoms with E-state index in [1.165, 1.54) is 0 Å². The third-order valence-electron chi connectivity index (χ3n) is 5.56. The molecule has 9 heteroatoms. The fourth-order valence-electron chi connectivity index (χ4n) is 3.97. The van der Waals surface area contributed by atoms with Gasteiger partial charge in [-0.1, -0.05) is 0 Å². The molecule has 1 unspecified atom stereocenters. The molecule has 9 nitrogen and oxygen atoms in total. The number of anilines is 1. The number of guanidine groups is 1. The van der Waals surface area contributed by atoms with Crippen LogP contribution < -0.4 is 10.2 Å². The maximum absolute atomic E-state index is 12.1. The average Bonchev–Trinajstić information content (AvgIpc) is 2.80. The van der Waals surface area contributed by atoms with E-state index in [2.05, 4.69) is 36.9 Å². The van der Waals surface area contributed by atoms with Gasteiger partial charge in [0.25, 0.3) is 0 Å². The third-order valence-corrected chi connectivity index (χ3v) is 5.56. The molecule has 2 saturated heterocycles. The first-order valence-corrected chi connectivity index (χ1v) is 11.2. The smallest absolute Gasteiger partial charge is 0.310 e. The number of piperidine rings is 1. The van der Waals surface area contributed by atoms with Crippen LogP contribution in [0, 0.1) is 5.92 Å². The van der Waals surface area contributed by atoms with Crippen molar-refractivity contribution < 1.29 is 9.53 Å². The van der Waals surface area contributed by atoms with Crippen LogP contribution in [0.1, 0.15) is 26.7 Å². The van der Waals surface area contributed by atoms with Gasteiger partial charge in [0.1, 0.15) is 0 Å². The fraction of sp³-hybridized carbons (Fsp3) is 0.714. The lowest BCUT2D eigenvalue weighted by Gasteiger charge is -2.35. The molecule has 0 aliphatic carbocycles. The second kappa shape index (κ2) is 11.7. The SMILES string of the molecule is CCNC(=NCCN1CCN(c2ncccn2)CC1)N1CCCC(C(=O)OCC)C1. The molecule has 1 N–H and O–H groups in total. The van der Waals surface area contributed by atoms with Gasteiger partial charge in [-0.05, 0) is 32.8 Å². The molecule has 1 aromatic rings. The first-order valence-electron chi connectivity index (χ1n) is 11.2. The Kier molecular flexibility index (Phi) is 8.67. The van der Waals surface area contributed by atoms with Crippen molar-refractivity contribution >= 4 is 17.9 Å². The van der Waals surface area contributed by atoms with Gasteiger partial charge < -0.3 is 19.9 Å². The summed E-state index contributed by atoms with van der Waals surface area (Å²) in [4.78, 5) is 32.5. The number of carbonyl (C=O) groups is 1. The molecule has 0 saturated carbocycles. The van der Waals surface area contributed by atoms with E-state index < -0.39 is 0 Å². The summed E-state index contributed by atoms with van der Waals surface area (Å²) in [5.74, 6) is 1.57. The van der Waals surface area contributed by atoms with Crippen LogP contribution in [0.25, 0.3) is 0 Å². The quantitative estimate of drug-likeness (QED) is 0.397. The number of nitrogens with one attached hydrogen (secondary N) is 1. The maximum atomic E-state index is 12.1. The molecular formula is C21H35N7O2. The molecule has 3 rings (SSSR count). The molecule has 30 heavy (non-hydrogen) atoms. The minimum absolute atomic E-state index is 0.0594. The molecule has 0 amide bonds. The van der Waals surface area contributed by atoms with Crippen molar-refractivity contribution in [3.05, 3.63) is 18.5 Å². The molecule has 1 aromatic heterocycles. The zero-order valence-corrected chi connectivity index (χ0v) is 18.3. The standard InChI is InChI=1S/C21H35N7O2/c1-3-22-20(28-11-5-7-18(17-28)19(29)30-4-2)25-10-12-26-13-15-27(16-14-26)21-23-8-6-9-24-21/h6,8-9,18H,3-5,7,10-17H2,1-2H3,(H,22,25). The lowest BCUT2D eigenvalue weighted by Crippen LogP contribution is -2.49. The minimum atomic E-state index is -0.0849. The summed E-state index contributed by atoms with van der Waals surface area (Å²) in [5.41, 5.74) is 0. The Balaban J connectivity index is 1.47. The van der Waals surface area contributed by atoms with Crippen LogP contribution in [-0.4, -0.2) is 97.2 Å². The number of hydrogen-bond donors (Lipinski definition) is 1. The van der Waals surface area contributed by atoms with E-state index in [4.69, 9.17) is 9.73 Å². The fourth-order valence-corrected chi connectivity index (χ4v) is 3.97. The average molecular weight is 418 g/mol. The zero-order valence-electron chi connectivity index (χ0n) is 18.3. The van der Waals surface area contributed by atoms with E-state index >= 15 is 0 Å². The van der Waals surface area contributed by atoms with Crippen molar-refractivity contribution in [1.82, 2.24) is 25.1 Å². The van der Waals surface area contributed by atoms with Gasteiger partial charge >= 0.3 is 5.97 Å². The summed E-state index contributed by atoms with van der Waals surface area (Å²) in [7, 11) is 0. The highest BCUT2D eigenvalue weighted by molar-refractivity contribution is 5.81. The topological polar surface area (TPSA) is 86.2 Å². The molecule has 2 aliphatic rings. The summed E-state index contributed by atoms with van der Waals surface area (Å²) in [6.45, 7) is 12.3. The highest BCUT2D eigenvalue weighted by Crippen LogP contribution is 2.18. The molecule has 3 heterocycles. The first-order chi connectivity index (χ1) is 14.7. The second-order valence-electron chi connectivity index (χ2n) is 7.65. The molecule has 1 atom stereocenters. The van der Waals surface area contributed by atoms with Gasteiger partial charge in [0.15, 0.2) is 5.96 Å². The maximum Gasteiger partial charge on any atom is 0.310 e. The predicted octanol–water partition coefficient (Wildman–Crippen LogP) is 0.839. The normalized spacial score (nSPS) is 20.9. The Labute approximate surface area is 179 Å². The number of nitrogens with zero attached hydrogens (tertiary/aromatic N) is 6. The zero-order chi connectivity index (χ0) is 21.2. The molecule has 0 spiro atoms. The second-order valence-corrected chi connectivity index (χ2v) is 7.65. The third kappa shape index (κ3) is 6.29. The number of piperazine rings is 1. The number of aliphatic imine (C=N–C) groups is 1. The van der Waals surface area contributed by atoms with E-state index in [1.54, 1.807) is 12.4 Å². The van der Waals surface area contributed by atoms with Crippen LogP contribution in [-0.2, 0) is 9.53 Å². The number of likely N-dealkylation sites (tertiary alicyclic amines) is 1. The van der Waals surface area contributed by atoms with Crippen molar-refractivity contribution in [1.29, 1.82) is 0 Å². The van der Waals surface area contributed by atoms with Gasteiger partial charge in [0, 0.05) is 64.8 Å². The molecule has 2 aliphatic heterocycles. The Bertz CT molecular complexity index is 677. The molecular weight excluding hydrogens is 382 g/mol. The number of carbonyl (C=O) groups excluding carboxylic acids is 1. The van der Waals surface area contributed by atoms with E-state index in [0.29, 0.717) is 13.2 Å². The van der Waals surface area contributed by atoms with Crippen LogP contribution >= 0.6 is 0 Å². The van der Waals surface area contributed by atoms with Gasteiger partial charge in [-0.15, -0.1) is 0 Å². The molecule has 0 bridgehead atoms. The highest BCUT2D eigenvalue weighted by atomic mass is 16.5. The van der Waals surface area contributed by atoms with Crippen molar-refractivity contribution in [2.45, 2.75) is 26.7 Å². The Morgan fingerprint density at radius 3 is 2.67 bits per heavy atom. The highest BCUT2D eigenvalue weighted by Gasteiger charge is 2.28. The van der Waals surface area contributed by atoms with Crippen molar-refractivity contribution in [2.75, 3.05) is 70.4 Å². The van der Waals surface area contributed by atoms with Gasteiger partial charge in [0.05, 0.1) is 19.1 Å². The van der Waals surface area contributed by atoms with Gasteiger partial charge in [0.2, 0.25) is 5.95 Å². The van der Waals surface area contributed by atoms with Gasteiger partial charge in [-0.25, -0.2) is 9.97 Å². The van der Waals surface area contributed by atoms with Crippen molar-refractivity contribution in [3.8, 4) is 0 Å². The Morgan fingerprint density at radius 2 is 1.97 bits per heavy atom. The predicted molar refractivity (Wildman–Crippen MR) is 118 cm³/mol. The number of ether oxygens (including phenoxy) is 1. The summed E-state index contributed by atoms with van der Waals surface area (Å²) >= 11 is 0. The summed E-state index contributed by atoms with van der Waals surface area (Å²) in [6, 6.07) is 1.84. The van der Waals surface area contributed by atoms with Crippen LogP contribution in [0.3, 0.4) is 0 Å². The molecule has 0 aromatic carbocycles. The lowest BCUT2D eigenvalue weighted by molar-refractivity contribution is -0.149. The number of esters is 1. The van der Waals surface area contributed by atoms with Gasteiger partial charge in [-0.3, -0.25) is 14.7 Å². The number of rotatable bonds is 7. The number of aromatic nitrogens is 2. The van der Waals surface area contributed by atoms with Crippen LogP contribution in [0.15, 0.2) is 23.5 Å². The first kappa shape index (κ1) is 22.3. The number of hydrogen-bond acceptors (Lipinski definition) is 7. The van der Waals surface area contributed by atoms with Crippen LogP contribution in [0.2, 0.25) is 0 Å². The Hall–Kier alpha value is -2.42. The van der Waals surface area contributed by atoms with E-state index in [-0.39, 0.29) is 11.9 Å². The van der Waals surface area contributed by atoms with Crippen molar-refractivity contribution in [3.63, 3.8) is 0 Å². The van der Waals surface area contributed by atoms with Gasteiger partial charge in [-0.2, -0.15) is 0 Å².